The molecule has 9 nitrogen and oxygen atoms in total. The van der Waals surface area contributed by atoms with Gasteiger partial charge in [0.1, 0.15) is 0 Å². The van der Waals surface area contributed by atoms with Gasteiger partial charge >= 0.3 is 17.3 Å². The molecule has 12 heteroatoms. The molecule has 0 atom stereocenters. The van der Waals surface area contributed by atoms with Crippen LogP contribution in [0, 0.1) is 5.21 Å². The summed E-state index contributed by atoms with van der Waals surface area (Å²) in [4.78, 5) is 35.6. The number of carbonyl (C=O) groups is 1. The van der Waals surface area contributed by atoms with Gasteiger partial charge in [0.15, 0.2) is 0 Å². The second kappa shape index (κ2) is 5.78. The van der Waals surface area contributed by atoms with Crippen LogP contribution in [0.5, 0.6) is 0 Å². The summed E-state index contributed by atoms with van der Waals surface area (Å²) in [6.07, 6.45) is 0. The van der Waals surface area contributed by atoms with Crippen molar-refractivity contribution in [1.29, 1.82) is 0 Å². The van der Waals surface area contributed by atoms with E-state index in [1.807, 2.05) is 5.10 Å². The molecule has 0 saturated carbocycles. The van der Waals surface area contributed by atoms with Crippen molar-refractivity contribution in [2.24, 2.45) is 0 Å². The number of alkyl halides is 3. The van der Waals surface area contributed by atoms with Crippen LogP contribution in [0.25, 0.3) is 5.69 Å². The van der Waals surface area contributed by atoms with Crippen molar-refractivity contribution in [2.45, 2.75) is 3.79 Å². The Morgan fingerprint density at radius 3 is 2.23 bits per heavy atom. The van der Waals surface area contributed by atoms with E-state index >= 15 is 0 Å². The highest BCUT2D eigenvalue weighted by Crippen LogP contribution is 2.27. The first-order chi connectivity index (χ1) is 10.1. The van der Waals surface area contributed by atoms with Crippen molar-refractivity contribution in [3.05, 3.63) is 50.4 Å². The number of H-pyrrole nitrogens is 1. The predicted molar refractivity (Wildman–Crippen MR) is 79.2 cm³/mol. The lowest BCUT2D eigenvalue weighted by Crippen LogP contribution is -2.36. The third-order valence-electron chi connectivity index (χ3n) is 2.57. The van der Waals surface area contributed by atoms with Crippen molar-refractivity contribution < 1.29 is 10.0 Å². The summed E-state index contributed by atoms with van der Waals surface area (Å²) in [5.74, 6) is -1.25. The number of aromatic nitrogens is 3. The number of rotatable bonds is 2. The van der Waals surface area contributed by atoms with Gasteiger partial charge in [-0.3, -0.25) is 10.0 Å². The first-order valence-corrected chi connectivity index (χ1v) is 6.58. The van der Waals surface area contributed by atoms with Crippen LogP contribution in [0.2, 0.25) is 0 Å². The first kappa shape index (κ1) is 16.6. The third-order valence-corrected chi connectivity index (χ3v) is 3.05. The molecular weight excluding hydrogens is 362 g/mol. The lowest BCUT2D eigenvalue weighted by molar-refractivity contribution is 0.0897. The Bertz CT molecular complexity index is 815. The van der Waals surface area contributed by atoms with Crippen LogP contribution in [0.15, 0.2) is 33.9 Å². The molecule has 2 N–H and O–H groups in total. The van der Waals surface area contributed by atoms with E-state index in [0.717, 1.165) is 12.1 Å². The number of carbonyl (C=O) groups excluding carboxylic acids is 1. The van der Waals surface area contributed by atoms with Crippen molar-refractivity contribution in [3.63, 3.8) is 0 Å². The van der Waals surface area contributed by atoms with Crippen molar-refractivity contribution in [3.8, 4) is 5.69 Å². The Morgan fingerprint density at radius 1 is 1.23 bits per heavy atom. The summed E-state index contributed by atoms with van der Waals surface area (Å²) < 4.78 is -1.58. The largest absolute Gasteiger partial charge is 0.733 e. The van der Waals surface area contributed by atoms with Crippen LogP contribution >= 0.6 is 34.8 Å². The Balaban J connectivity index is 2.54. The van der Waals surface area contributed by atoms with Gasteiger partial charge in [-0.05, 0) is 24.3 Å². The van der Waals surface area contributed by atoms with Crippen molar-refractivity contribution >= 4 is 46.4 Å². The highest BCUT2D eigenvalue weighted by molar-refractivity contribution is 6.76. The summed E-state index contributed by atoms with van der Waals surface area (Å²) in [6, 6.07) is 4.72. The fraction of sp³-hybridized carbons (Fsp3) is 0.100. The fourth-order valence-electron chi connectivity index (χ4n) is 1.60. The molecule has 0 fully saturated rings. The number of nitrogens with one attached hydrogen (secondary N) is 1. The molecule has 0 aliphatic heterocycles. The van der Waals surface area contributed by atoms with Crippen LogP contribution in [-0.4, -0.2) is 29.3 Å². The summed E-state index contributed by atoms with van der Waals surface area (Å²) >= 11 is 16.1. The molecule has 118 valence electrons. The number of aromatic amines is 1. The minimum absolute atomic E-state index is 0.0349. The van der Waals surface area contributed by atoms with Crippen LogP contribution in [0.3, 0.4) is 0 Å². The van der Waals surface area contributed by atoms with E-state index in [0.29, 0.717) is 4.57 Å². The first-order valence-electron chi connectivity index (χ1n) is 5.45. The van der Waals surface area contributed by atoms with Gasteiger partial charge in [-0.1, -0.05) is 34.8 Å². The number of halogens is 3. The maximum atomic E-state index is 12.1. The second-order valence-corrected chi connectivity index (χ2v) is 6.24. The number of nitrogens with zero attached hydrogens (tertiary/aromatic N) is 3. The quantitative estimate of drug-likeness (QED) is 0.603. The molecule has 0 aliphatic rings. The van der Waals surface area contributed by atoms with Crippen LogP contribution in [0.4, 0.5) is 5.69 Å². The van der Waals surface area contributed by atoms with Crippen molar-refractivity contribution in [1.82, 2.24) is 14.3 Å². The Hall–Kier alpha value is -1.78. The van der Waals surface area contributed by atoms with Gasteiger partial charge in [0.2, 0.25) is 0 Å². The lowest BCUT2D eigenvalue weighted by Gasteiger charge is -2.21. The number of hydrogen-bond donors (Lipinski definition) is 2. The molecule has 2 rings (SSSR count). The van der Waals surface area contributed by atoms with E-state index in [2.05, 4.69) is 0 Å². The van der Waals surface area contributed by atoms with Crippen LogP contribution in [0.1, 0.15) is 4.79 Å². The maximum absolute atomic E-state index is 12.1. The lowest BCUT2D eigenvalue weighted by atomic mass is 10.3. The zero-order valence-electron chi connectivity index (χ0n) is 10.4. The van der Waals surface area contributed by atoms with Crippen molar-refractivity contribution in [2.75, 3.05) is 5.23 Å². The molecular formula is C10H6Cl3N4O5-. The Morgan fingerprint density at radius 2 is 1.77 bits per heavy atom. The zero-order chi connectivity index (χ0) is 16.7. The van der Waals surface area contributed by atoms with Gasteiger partial charge in [-0.25, -0.2) is 19.3 Å². The Labute approximate surface area is 136 Å². The highest BCUT2D eigenvalue weighted by Gasteiger charge is 2.34. The molecule has 0 amide bonds. The normalized spacial score (nSPS) is 11.5. The predicted octanol–water partition coefficient (Wildman–Crippen LogP) is 1.03. The van der Waals surface area contributed by atoms with Gasteiger partial charge in [-0.2, -0.15) is 4.68 Å². The topological polar surface area (TPSA) is 123 Å². The average molecular weight is 369 g/mol. The van der Waals surface area contributed by atoms with Crippen LogP contribution in [-0.2, 0) is 0 Å². The molecule has 1 aromatic carbocycles. The molecule has 0 saturated heterocycles. The molecule has 2 aromatic rings. The van der Waals surface area contributed by atoms with Gasteiger partial charge in [0.25, 0.3) is 3.79 Å². The van der Waals surface area contributed by atoms with E-state index in [-0.39, 0.29) is 16.1 Å². The summed E-state index contributed by atoms with van der Waals surface area (Å²) in [6.45, 7) is 0. The maximum Gasteiger partial charge on any atom is 0.359 e. The molecule has 22 heavy (non-hydrogen) atoms. The fourth-order valence-corrected chi connectivity index (χ4v) is 1.86. The van der Waals surface area contributed by atoms with Gasteiger partial charge in [-0.15, -0.1) is 0 Å². The molecule has 0 radical (unpaired) electrons. The van der Waals surface area contributed by atoms with Crippen LogP contribution < -0.4 is 16.6 Å². The highest BCUT2D eigenvalue weighted by atomic mass is 35.6. The van der Waals surface area contributed by atoms with E-state index in [1.165, 1.54) is 12.1 Å². The van der Waals surface area contributed by atoms with E-state index in [4.69, 9.17) is 40.0 Å². The molecule has 1 heterocycles. The molecule has 0 spiro atoms. The third kappa shape index (κ3) is 3.03. The summed E-state index contributed by atoms with van der Waals surface area (Å²) in [5, 5.41) is 20.9. The Kier molecular flexibility index (Phi) is 4.36. The minimum atomic E-state index is -2.43. The van der Waals surface area contributed by atoms with Gasteiger partial charge in [0.05, 0.1) is 11.4 Å². The summed E-state index contributed by atoms with van der Waals surface area (Å²) in [5.41, 5.74) is -2.13. The molecule has 0 aliphatic carbocycles. The van der Waals surface area contributed by atoms with E-state index in [9.17, 15) is 19.6 Å². The number of hydrogen-bond acceptors (Lipinski definition) is 6. The summed E-state index contributed by atoms with van der Waals surface area (Å²) in [7, 11) is 0. The number of benzene rings is 1. The second-order valence-electron chi connectivity index (χ2n) is 3.96. The van der Waals surface area contributed by atoms with Gasteiger partial charge in [0, 0.05) is 0 Å². The average Bonchev–Trinajstić information content (AvgIpc) is 2.72. The SMILES string of the molecule is O=C(n1[nH]c(=O)n(-c2ccc(N([O-])O)cc2)c1=O)C(Cl)(Cl)Cl. The smallest absolute Gasteiger partial charge is 0.359 e. The minimum Gasteiger partial charge on any atom is -0.733 e. The standard InChI is InChI=1S/C10H6Cl3N4O5/c11-10(12,13)7(18)16-9(20)15(8(19)14-16)5-1-3-6(4-2-5)17(21)22/h1-4,21H,(H,14,19)/q-1. The molecule has 1 aromatic heterocycles. The zero-order valence-corrected chi connectivity index (χ0v) is 12.6. The molecule has 0 unspecified atom stereocenters. The van der Waals surface area contributed by atoms with E-state index < -0.39 is 26.3 Å². The molecule has 0 bridgehead atoms. The number of anilines is 1. The van der Waals surface area contributed by atoms with Gasteiger partial charge < -0.3 is 10.4 Å². The van der Waals surface area contributed by atoms with E-state index in [1.54, 1.807) is 0 Å². The monoisotopic (exact) mass is 367 g/mol.